The summed E-state index contributed by atoms with van der Waals surface area (Å²) >= 11 is 0. The first-order chi connectivity index (χ1) is 8.99. The van der Waals surface area contributed by atoms with Crippen molar-refractivity contribution < 1.29 is 14.8 Å². The normalized spacial score (nSPS) is 10.5. The van der Waals surface area contributed by atoms with Gasteiger partial charge in [-0.25, -0.2) is 4.79 Å². The van der Waals surface area contributed by atoms with Crippen LogP contribution >= 0.6 is 0 Å². The molecule has 0 radical (unpaired) electrons. The molecule has 1 rings (SSSR count). The summed E-state index contributed by atoms with van der Waals surface area (Å²) in [4.78, 5) is 21.2. The van der Waals surface area contributed by atoms with Gasteiger partial charge in [0, 0.05) is 24.4 Å². The highest BCUT2D eigenvalue weighted by atomic mass is 16.6. The average Bonchev–Trinajstić information content (AvgIpc) is 2.39. The van der Waals surface area contributed by atoms with Crippen LogP contribution in [0, 0.1) is 16.0 Å². The molecule has 0 bridgehead atoms. The fourth-order valence-electron chi connectivity index (χ4n) is 1.81. The van der Waals surface area contributed by atoms with Crippen molar-refractivity contribution in [3.8, 4) is 0 Å². The molecule has 0 aliphatic heterocycles. The van der Waals surface area contributed by atoms with Crippen LogP contribution in [-0.4, -0.2) is 22.5 Å². The molecule has 0 spiro atoms. The Balaban J connectivity index is 2.94. The molecular formula is C13H18N2O4. The number of non-ortho nitro benzene ring substituents is 1. The third-order valence-corrected chi connectivity index (χ3v) is 3.18. The lowest BCUT2D eigenvalue weighted by molar-refractivity contribution is -0.384. The molecule has 0 fully saturated rings. The van der Waals surface area contributed by atoms with E-state index in [9.17, 15) is 14.9 Å². The molecular weight excluding hydrogens is 248 g/mol. The van der Waals surface area contributed by atoms with Crippen molar-refractivity contribution in [1.29, 1.82) is 0 Å². The van der Waals surface area contributed by atoms with Gasteiger partial charge in [-0.2, -0.15) is 0 Å². The Kier molecular flexibility index (Phi) is 5.29. The second-order valence-electron chi connectivity index (χ2n) is 4.36. The predicted octanol–water partition coefficient (Wildman–Crippen LogP) is 3.14. The van der Waals surface area contributed by atoms with Gasteiger partial charge in [0.1, 0.15) is 0 Å². The molecule has 1 aromatic rings. The first-order valence-electron chi connectivity index (χ1n) is 6.25. The van der Waals surface area contributed by atoms with Gasteiger partial charge in [-0.15, -0.1) is 0 Å². The second-order valence-corrected chi connectivity index (χ2v) is 4.36. The summed E-state index contributed by atoms with van der Waals surface area (Å²) in [7, 11) is 0. The van der Waals surface area contributed by atoms with Crippen molar-refractivity contribution >= 4 is 17.3 Å². The molecule has 0 unspecified atom stereocenters. The third-order valence-electron chi connectivity index (χ3n) is 3.18. The van der Waals surface area contributed by atoms with Gasteiger partial charge < -0.3 is 10.4 Å². The van der Waals surface area contributed by atoms with Crippen molar-refractivity contribution in [3.63, 3.8) is 0 Å². The minimum Gasteiger partial charge on any atom is -0.478 e. The zero-order valence-corrected chi connectivity index (χ0v) is 11.0. The zero-order valence-electron chi connectivity index (χ0n) is 11.0. The molecule has 0 aliphatic rings. The van der Waals surface area contributed by atoms with Crippen molar-refractivity contribution in [2.45, 2.75) is 26.7 Å². The van der Waals surface area contributed by atoms with Gasteiger partial charge in [0.25, 0.3) is 5.69 Å². The van der Waals surface area contributed by atoms with Crippen LogP contribution in [0.2, 0.25) is 0 Å². The first kappa shape index (κ1) is 14.9. The van der Waals surface area contributed by atoms with E-state index >= 15 is 0 Å². The fourth-order valence-corrected chi connectivity index (χ4v) is 1.81. The van der Waals surface area contributed by atoms with E-state index < -0.39 is 10.9 Å². The molecule has 0 saturated carbocycles. The summed E-state index contributed by atoms with van der Waals surface area (Å²) in [6.07, 6.45) is 2.00. The molecule has 104 valence electrons. The van der Waals surface area contributed by atoms with Gasteiger partial charge >= 0.3 is 5.97 Å². The number of hydrogen-bond donors (Lipinski definition) is 2. The number of nitrogens with zero attached hydrogens (tertiary/aromatic N) is 1. The van der Waals surface area contributed by atoms with Crippen molar-refractivity contribution in [3.05, 3.63) is 33.9 Å². The molecule has 2 N–H and O–H groups in total. The molecule has 0 aliphatic carbocycles. The fraction of sp³-hybridized carbons (Fsp3) is 0.462. The Morgan fingerprint density at radius 2 is 2.05 bits per heavy atom. The molecule has 0 amide bonds. The highest BCUT2D eigenvalue weighted by Gasteiger charge is 2.16. The number of nitrogens with one attached hydrogen (secondary N) is 1. The Bertz CT molecular complexity index is 470. The van der Waals surface area contributed by atoms with E-state index in [1.54, 1.807) is 0 Å². The minimum absolute atomic E-state index is 0.0693. The maximum absolute atomic E-state index is 11.1. The van der Waals surface area contributed by atoms with E-state index in [-0.39, 0.29) is 11.3 Å². The quantitative estimate of drug-likeness (QED) is 0.584. The molecule has 19 heavy (non-hydrogen) atoms. The maximum Gasteiger partial charge on any atom is 0.338 e. The van der Waals surface area contributed by atoms with Gasteiger partial charge in [0.2, 0.25) is 0 Å². The number of carboxylic acid groups (broad SMARTS) is 1. The summed E-state index contributed by atoms with van der Waals surface area (Å²) in [5.74, 6) is -0.715. The van der Waals surface area contributed by atoms with Crippen molar-refractivity contribution in [2.24, 2.45) is 5.92 Å². The lowest BCUT2D eigenvalue weighted by Gasteiger charge is -2.15. The topological polar surface area (TPSA) is 92.5 Å². The Morgan fingerprint density at radius 3 is 2.53 bits per heavy atom. The van der Waals surface area contributed by atoms with Gasteiger partial charge in [0.05, 0.1) is 10.5 Å². The highest BCUT2D eigenvalue weighted by Crippen LogP contribution is 2.23. The average molecular weight is 266 g/mol. The maximum atomic E-state index is 11.1. The Morgan fingerprint density at radius 1 is 1.42 bits per heavy atom. The summed E-state index contributed by atoms with van der Waals surface area (Å²) in [5, 5.41) is 22.8. The van der Waals surface area contributed by atoms with Crippen LogP contribution in [0.15, 0.2) is 18.2 Å². The SMILES string of the molecule is CCC(CC)CNc1ccc([N+](=O)[O-])cc1C(=O)O. The minimum atomic E-state index is -1.17. The number of carboxylic acids is 1. The third kappa shape index (κ3) is 3.94. The number of nitro benzene ring substituents is 1. The van der Waals surface area contributed by atoms with Gasteiger partial charge in [0.15, 0.2) is 0 Å². The predicted molar refractivity (Wildman–Crippen MR) is 72.6 cm³/mol. The molecule has 0 atom stereocenters. The number of aromatic carboxylic acids is 1. The standard InChI is InChI=1S/C13H18N2O4/c1-3-9(4-2)8-14-12-6-5-10(15(18)19)7-11(12)13(16)17/h5-7,9,14H,3-4,8H2,1-2H3,(H,16,17). The summed E-state index contributed by atoms with van der Waals surface area (Å²) in [5.41, 5.74) is 0.135. The molecule has 1 aromatic carbocycles. The summed E-state index contributed by atoms with van der Waals surface area (Å²) in [6, 6.07) is 3.84. The van der Waals surface area contributed by atoms with Gasteiger partial charge in [-0.3, -0.25) is 10.1 Å². The van der Waals surface area contributed by atoms with Crippen LogP contribution in [0.3, 0.4) is 0 Å². The van der Waals surface area contributed by atoms with E-state index in [0.717, 1.165) is 18.9 Å². The molecule has 0 saturated heterocycles. The van der Waals surface area contributed by atoms with Crippen LogP contribution in [0.4, 0.5) is 11.4 Å². The smallest absolute Gasteiger partial charge is 0.338 e. The molecule has 6 heteroatoms. The summed E-state index contributed by atoms with van der Waals surface area (Å²) < 4.78 is 0. The number of rotatable bonds is 7. The number of benzene rings is 1. The van der Waals surface area contributed by atoms with Crippen molar-refractivity contribution in [2.75, 3.05) is 11.9 Å². The van der Waals surface area contributed by atoms with E-state index in [0.29, 0.717) is 18.2 Å². The van der Waals surface area contributed by atoms with Crippen LogP contribution in [-0.2, 0) is 0 Å². The van der Waals surface area contributed by atoms with Crippen LogP contribution in [0.5, 0.6) is 0 Å². The van der Waals surface area contributed by atoms with E-state index in [1.165, 1.54) is 12.1 Å². The number of hydrogen-bond acceptors (Lipinski definition) is 4. The molecule has 0 aromatic heterocycles. The van der Waals surface area contributed by atoms with Gasteiger partial charge in [-0.05, 0) is 12.0 Å². The molecule has 0 heterocycles. The first-order valence-corrected chi connectivity index (χ1v) is 6.25. The van der Waals surface area contributed by atoms with E-state index in [4.69, 9.17) is 5.11 Å². The van der Waals surface area contributed by atoms with Crippen molar-refractivity contribution in [1.82, 2.24) is 0 Å². The highest BCUT2D eigenvalue weighted by molar-refractivity contribution is 5.95. The van der Waals surface area contributed by atoms with Crippen LogP contribution in [0.25, 0.3) is 0 Å². The number of nitro groups is 1. The van der Waals surface area contributed by atoms with E-state index in [2.05, 4.69) is 19.2 Å². The lowest BCUT2D eigenvalue weighted by Crippen LogP contribution is -2.15. The Labute approximate surface area is 111 Å². The molecule has 6 nitrogen and oxygen atoms in total. The van der Waals surface area contributed by atoms with Crippen LogP contribution < -0.4 is 5.32 Å². The largest absolute Gasteiger partial charge is 0.478 e. The lowest BCUT2D eigenvalue weighted by atomic mass is 10.0. The Hall–Kier alpha value is -2.11. The number of anilines is 1. The van der Waals surface area contributed by atoms with Gasteiger partial charge in [-0.1, -0.05) is 26.7 Å². The second kappa shape index (κ2) is 6.72. The monoisotopic (exact) mass is 266 g/mol. The number of carbonyl (C=O) groups is 1. The van der Waals surface area contributed by atoms with Crippen LogP contribution in [0.1, 0.15) is 37.0 Å². The zero-order chi connectivity index (χ0) is 14.4. The summed E-state index contributed by atoms with van der Waals surface area (Å²) in [6.45, 7) is 4.80. The van der Waals surface area contributed by atoms with E-state index in [1.807, 2.05) is 0 Å².